The van der Waals surface area contributed by atoms with Crippen molar-refractivity contribution in [1.29, 1.82) is 0 Å². The van der Waals surface area contributed by atoms with Crippen molar-refractivity contribution in [2.24, 2.45) is 0 Å². The lowest BCUT2D eigenvalue weighted by atomic mass is 10.2. The molecule has 0 amide bonds. The molecule has 1 heterocycles. The number of benzene rings is 1. The smallest absolute Gasteiger partial charge is 0.138 e. The monoisotopic (exact) mass is 331 g/mol. The van der Waals surface area contributed by atoms with Gasteiger partial charge in [0.1, 0.15) is 12.4 Å². The van der Waals surface area contributed by atoms with E-state index in [2.05, 4.69) is 52.1 Å². The number of halogens is 1. The average molecular weight is 332 g/mol. The van der Waals surface area contributed by atoms with Crippen molar-refractivity contribution in [3.05, 3.63) is 64.4 Å². The van der Waals surface area contributed by atoms with Gasteiger partial charge in [0.15, 0.2) is 0 Å². The van der Waals surface area contributed by atoms with Crippen LogP contribution in [-0.2, 0) is 6.42 Å². The topological polar surface area (TPSA) is 22.1 Å². The van der Waals surface area contributed by atoms with E-state index in [4.69, 9.17) is 4.74 Å². The Kier molecular flexibility index (Phi) is 5.81. The minimum absolute atomic E-state index is 0.549. The summed E-state index contributed by atoms with van der Waals surface area (Å²) in [7, 11) is 0. The maximum absolute atomic E-state index is 5.68. The molecule has 0 aliphatic carbocycles. The number of aryl methyl sites for hydroxylation is 1. The molecule has 3 heteroatoms. The van der Waals surface area contributed by atoms with Crippen LogP contribution in [0.25, 0.3) is 6.08 Å². The molecule has 0 radical (unpaired) electrons. The van der Waals surface area contributed by atoms with Crippen molar-refractivity contribution in [3.8, 4) is 5.75 Å². The summed E-state index contributed by atoms with van der Waals surface area (Å²) in [5.41, 5.74) is 2.39. The molecule has 0 aliphatic rings. The van der Waals surface area contributed by atoms with Gasteiger partial charge in [-0.2, -0.15) is 0 Å². The third-order valence-corrected chi connectivity index (χ3v) is 3.36. The van der Waals surface area contributed by atoms with Gasteiger partial charge in [-0.05, 0) is 41.8 Å². The van der Waals surface area contributed by atoms with Crippen molar-refractivity contribution in [3.63, 3.8) is 0 Å². The molecular weight excluding hydrogens is 314 g/mol. The highest BCUT2D eigenvalue weighted by Crippen LogP contribution is 2.13. The Morgan fingerprint density at radius 1 is 1.20 bits per heavy atom. The van der Waals surface area contributed by atoms with Crippen LogP contribution >= 0.6 is 15.9 Å². The zero-order chi connectivity index (χ0) is 14.2. The van der Waals surface area contributed by atoms with Gasteiger partial charge < -0.3 is 4.74 Å². The molecule has 0 unspecified atom stereocenters. The van der Waals surface area contributed by atoms with Crippen LogP contribution in [0, 0.1) is 0 Å². The molecule has 0 bridgehead atoms. The Labute approximate surface area is 128 Å². The van der Waals surface area contributed by atoms with Gasteiger partial charge in [0.05, 0.1) is 6.20 Å². The Balaban J connectivity index is 1.86. The minimum atomic E-state index is 0.549. The summed E-state index contributed by atoms with van der Waals surface area (Å²) >= 11 is 3.42. The molecule has 2 rings (SSSR count). The first kappa shape index (κ1) is 14.8. The Hall–Kier alpha value is -1.61. The normalized spacial score (nSPS) is 10.9. The summed E-state index contributed by atoms with van der Waals surface area (Å²) in [6.07, 6.45) is 9.87. The van der Waals surface area contributed by atoms with E-state index in [0.29, 0.717) is 6.61 Å². The number of nitrogens with zero attached hydrogens (tertiary/aromatic N) is 1. The van der Waals surface area contributed by atoms with E-state index < -0.39 is 0 Å². The molecule has 20 heavy (non-hydrogen) atoms. The molecular formula is C17H18BrNO. The Morgan fingerprint density at radius 3 is 2.75 bits per heavy atom. The van der Waals surface area contributed by atoms with E-state index >= 15 is 0 Å². The van der Waals surface area contributed by atoms with Gasteiger partial charge in [-0.25, -0.2) is 0 Å². The molecule has 104 valence electrons. The highest BCUT2D eigenvalue weighted by molar-refractivity contribution is 9.10. The molecule has 2 nitrogen and oxygen atoms in total. The molecule has 0 saturated carbocycles. The molecule has 0 atom stereocenters. The number of rotatable bonds is 6. The first-order valence-electron chi connectivity index (χ1n) is 6.77. The Morgan fingerprint density at radius 2 is 2.00 bits per heavy atom. The second-order valence-electron chi connectivity index (χ2n) is 4.54. The molecule has 1 aromatic heterocycles. The van der Waals surface area contributed by atoms with E-state index in [9.17, 15) is 0 Å². The molecule has 0 aliphatic heterocycles. The lowest BCUT2D eigenvalue weighted by Crippen LogP contribution is -1.95. The van der Waals surface area contributed by atoms with Gasteiger partial charge >= 0.3 is 0 Å². The molecule has 1 aromatic carbocycles. The highest BCUT2D eigenvalue weighted by atomic mass is 79.9. The molecule has 2 aromatic rings. The van der Waals surface area contributed by atoms with Gasteiger partial charge in [-0.1, -0.05) is 47.5 Å². The molecule has 0 saturated heterocycles. The van der Waals surface area contributed by atoms with E-state index in [-0.39, 0.29) is 0 Å². The zero-order valence-corrected chi connectivity index (χ0v) is 13.1. The van der Waals surface area contributed by atoms with Crippen LogP contribution in [0.3, 0.4) is 0 Å². The van der Waals surface area contributed by atoms with Crippen molar-refractivity contribution >= 4 is 22.0 Å². The number of hydrogen-bond acceptors (Lipinski definition) is 2. The van der Waals surface area contributed by atoms with Gasteiger partial charge in [0.25, 0.3) is 0 Å². The summed E-state index contributed by atoms with van der Waals surface area (Å²) in [4.78, 5) is 4.20. The summed E-state index contributed by atoms with van der Waals surface area (Å²) in [6.45, 7) is 2.71. The van der Waals surface area contributed by atoms with Crippen molar-refractivity contribution in [2.45, 2.75) is 19.8 Å². The van der Waals surface area contributed by atoms with E-state index in [1.165, 1.54) is 5.56 Å². The quantitative estimate of drug-likeness (QED) is 0.751. The predicted octanol–water partition coefficient (Wildman–Crippen LogP) is 4.89. The lowest BCUT2D eigenvalue weighted by molar-refractivity contribution is 0.361. The van der Waals surface area contributed by atoms with Crippen LogP contribution in [0.15, 0.2) is 53.3 Å². The minimum Gasteiger partial charge on any atom is -0.488 e. The van der Waals surface area contributed by atoms with Crippen molar-refractivity contribution < 1.29 is 4.74 Å². The maximum Gasteiger partial charge on any atom is 0.138 e. The standard InChI is InChI=1S/C17H18BrNO/c1-2-4-15-11-17(13-19-12-15)20-10-3-5-14-6-8-16(18)9-7-14/h3,5-9,11-13H,2,4,10H2,1H3/b5-3+. The SMILES string of the molecule is CCCc1cncc(OC/C=C/c2ccc(Br)cc2)c1. The highest BCUT2D eigenvalue weighted by Gasteiger charge is 1.96. The van der Waals surface area contributed by atoms with E-state index in [1.54, 1.807) is 6.20 Å². The summed E-state index contributed by atoms with van der Waals surface area (Å²) in [6, 6.07) is 10.2. The second kappa shape index (κ2) is 7.85. The van der Waals surface area contributed by atoms with Crippen molar-refractivity contribution in [1.82, 2.24) is 4.98 Å². The van der Waals surface area contributed by atoms with Crippen LogP contribution in [-0.4, -0.2) is 11.6 Å². The molecule has 0 N–H and O–H groups in total. The number of hydrogen-bond donors (Lipinski definition) is 0. The lowest BCUT2D eigenvalue weighted by Gasteiger charge is -2.04. The third kappa shape index (κ3) is 4.82. The first-order chi connectivity index (χ1) is 9.78. The summed E-state index contributed by atoms with van der Waals surface area (Å²) in [5.74, 6) is 0.830. The van der Waals surface area contributed by atoms with Gasteiger partial charge in [0, 0.05) is 10.7 Å². The Bertz CT molecular complexity index is 563. The van der Waals surface area contributed by atoms with E-state index in [1.807, 2.05) is 24.4 Å². The maximum atomic E-state index is 5.68. The second-order valence-corrected chi connectivity index (χ2v) is 5.46. The van der Waals surface area contributed by atoms with Crippen LogP contribution in [0.4, 0.5) is 0 Å². The molecule has 0 fully saturated rings. The number of ether oxygens (including phenoxy) is 1. The third-order valence-electron chi connectivity index (χ3n) is 2.83. The fourth-order valence-electron chi connectivity index (χ4n) is 1.87. The van der Waals surface area contributed by atoms with Crippen LogP contribution in [0.1, 0.15) is 24.5 Å². The fourth-order valence-corrected chi connectivity index (χ4v) is 2.13. The van der Waals surface area contributed by atoms with Crippen LogP contribution in [0.2, 0.25) is 0 Å². The van der Waals surface area contributed by atoms with Gasteiger partial charge in [-0.15, -0.1) is 0 Å². The summed E-state index contributed by atoms with van der Waals surface area (Å²) < 4.78 is 6.77. The predicted molar refractivity (Wildman–Crippen MR) is 86.9 cm³/mol. The fraction of sp³-hybridized carbons (Fsp3) is 0.235. The number of pyridine rings is 1. The largest absolute Gasteiger partial charge is 0.488 e. The number of aromatic nitrogens is 1. The van der Waals surface area contributed by atoms with Crippen LogP contribution < -0.4 is 4.74 Å². The van der Waals surface area contributed by atoms with Crippen molar-refractivity contribution in [2.75, 3.05) is 6.61 Å². The molecule has 0 spiro atoms. The first-order valence-corrected chi connectivity index (χ1v) is 7.56. The van der Waals surface area contributed by atoms with E-state index in [0.717, 1.165) is 28.6 Å². The van der Waals surface area contributed by atoms with Crippen LogP contribution in [0.5, 0.6) is 5.75 Å². The summed E-state index contributed by atoms with van der Waals surface area (Å²) in [5, 5.41) is 0. The van der Waals surface area contributed by atoms with Gasteiger partial charge in [0.2, 0.25) is 0 Å². The van der Waals surface area contributed by atoms with Gasteiger partial charge in [-0.3, -0.25) is 4.98 Å². The zero-order valence-electron chi connectivity index (χ0n) is 11.6. The average Bonchev–Trinajstić information content (AvgIpc) is 2.46.